The van der Waals surface area contributed by atoms with E-state index >= 15 is 0 Å². The summed E-state index contributed by atoms with van der Waals surface area (Å²) in [5.41, 5.74) is 8.58. The molecular formula is C10H16N2O2S. The van der Waals surface area contributed by atoms with Crippen LogP contribution in [0.25, 0.3) is 0 Å². The van der Waals surface area contributed by atoms with Crippen molar-refractivity contribution in [2.75, 3.05) is 12.8 Å². The Bertz CT molecular complexity index is 493. The highest BCUT2D eigenvalue weighted by Gasteiger charge is 2.19. The first-order chi connectivity index (χ1) is 6.81. The molecule has 15 heavy (non-hydrogen) atoms. The molecule has 1 aromatic rings. The van der Waals surface area contributed by atoms with Crippen molar-refractivity contribution in [3.8, 4) is 0 Å². The molecule has 3 N–H and O–H groups in total. The summed E-state index contributed by atoms with van der Waals surface area (Å²) >= 11 is 0. The van der Waals surface area contributed by atoms with Gasteiger partial charge in [0.15, 0.2) is 0 Å². The van der Waals surface area contributed by atoms with E-state index in [1.54, 1.807) is 19.9 Å². The first kappa shape index (κ1) is 12.0. The molecule has 0 atom stereocenters. The van der Waals surface area contributed by atoms with E-state index in [1.807, 2.05) is 6.92 Å². The smallest absolute Gasteiger partial charge is 0.240 e. The van der Waals surface area contributed by atoms with E-state index in [1.165, 1.54) is 7.05 Å². The van der Waals surface area contributed by atoms with Gasteiger partial charge in [0.1, 0.15) is 0 Å². The number of rotatable bonds is 2. The number of anilines is 1. The monoisotopic (exact) mass is 228 g/mol. The van der Waals surface area contributed by atoms with Gasteiger partial charge in [0.2, 0.25) is 10.0 Å². The highest BCUT2D eigenvalue weighted by atomic mass is 32.2. The van der Waals surface area contributed by atoms with Crippen LogP contribution in [0.2, 0.25) is 0 Å². The lowest BCUT2D eigenvalue weighted by molar-refractivity contribution is 0.587. The highest BCUT2D eigenvalue weighted by Crippen LogP contribution is 2.27. The molecule has 0 aliphatic carbocycles. The summed E-state index contributed by atoms with van der Waals surface area (Å²) in [5, 5.41) is 0. The van der Waals surface area contributed by atoms with Gasteiger partial charge in [0.25, 0.3) is 0 Å². The van der Waals surface area contributed by atoms with Gasteiger partial charge < -0.3 is 5.73 Å². The number of nitrogen functional groups attached to an aromatic ring is 1. The maximum Gasteiger partial charge on any atom is 0.240 e. The van der Waals surface area contributed by atoms with E-state index in [4.69, 9.17) is 5.73 Å². The first-order valence-corrected chi connectivity index (χ1v) is 6.09. The van der Waals surface area contributed by atoms with Gasteiger partial charge in [-0.25, -0.2) is 13.1 Å². The van der Waals surface area contributed by atoms with E-state index < -0.39 is 10.0 Å². The molecule has 1 aromatic carbocycles. The van der Waals surface area contributed by atoms with Crippen LogP contribution < -0.4 is 10.5 Å². The molecule has 0 bridgehead atoms. The SMILES string of the molecule is CNS(=O)(=O)c1c(C)cc(C)c(N)c1C. The van der Waals surface area contributed by atoms with Crippen LogP contribution in [-0.4, -0.2) is 15.5 Å². The van der Waals surface area contributed by atoms with Crippen molar-refractivity contribution in [2.45, 2.75) is 25.7 Å². The second-order valence-electron chi connectivity index (χ2n) is 3.59. The second-order valence-corrected chi connectivity index (χ2v) is 5.41. The Kier molecular flexibility index (Phi) is 3.06. The van der Waals surface area contributed by atoms with Crippen LogP contribution >= 0.6 is 0 Å². The molecule has 5 heteroatoms. The number of nitrogens with one attached hydrogen (secondary N) is 1. The molecule has 0 saturated heterocycles. The molecule has 4 nitrogen and oxygen atoms in total. The van der Waals surface area contributed by atoms with Gasteiger partial charge in [-0.3, -0.25) is 0 Å². The lowest BCUT2D eigenvalue weighted by atomic mass is 10.1. The van der Waals surface area contributed by atoms with Crippen molar-refractivity contribution in [1.82, 2.24) is 4.72 Å². The maximum atomic E-state index is 11.7. The molecule has 0 aliphatic rings. The summed E-state index contributed by atoms with van der Waals surface area (Å²) in [6.45, 7) is 5.36. The fraction of sp³-hybridized carbons (Fsp3) is 0.400. The summed E-state index contributed by atoms with van der Waals surface area (Å²) in [6.07, 6.45) is 0. The quantitative estimate of drug-likeness (QED) is 0.745. The average Bonchev–Trinajstić information content (AvgIpc) is 2.14. The number of benzene rings is 1. The number of hydrogen-bond donors (Lipinski definition) is 2. The molecule has 0 aromatic heterocycles. The minimum atomic E-state index is -3.43. The van der Waals surface area contributed by atoms with Crippen molar-refractivity contribution < 1.29 is 8.42 Å². The van der Waals surface area contributed by atoms with E-state index in [9.17, 15) is 8.42 Å². The summed E-state index contributed by atoms with van der Waals surface area (Å²) in [4.78, 5) is 0.285. The van der Waals surface area contributed by atoms with Gasteiger partial charge in [-0.1, -0.05) is 6.07 Å². The lowest BCUT2D eigenvalue weighted by Crippen LogP contribution is -2.21. The second kappa shape index (κ2) is 3.83. The van der Waals surface area contributed by atoms with Crippen molar-refractivity contribution >= 4 is 15.7 Å². The normalized spacial score (nSPS) is 11.7. The van der Waals surface area contributed by atoms with Gasteiger partial charge in [0, 0.05) is 5.69 Å². The average molecular weight is 228 g/mol. The largest absolute Gasteiger partial charge is 0.398 e. The minimum absolute atomic E-state index is 0.285. The van der Waals surface area contributed by atoms with Crippen LogP contribution in [0.1, 0.15) is 16.7 Å². The Morgan fingerprint density at radius 3 is 2.20 bits per heavy atom. The number of nitrogens with two attached hydrogens (primary N) is 1. The van der Waals surface area contributed by atoms with Crippen molar-refractivity contribution in [2.24, 2.45) is 0 Å². The third-order valence-corrected chi connectivity index (χ3v) is 4.20. The summed E-state index contributed by atoms with van der Waals surface area (Å²) < 4.78 is 25.8. The fourth-order valence-electron chi connectivity index (χ4n) is 1.70. The van der Waals surface area contributed by atoms with Crippen LogP contribution in [0.4, 0.5) is 5.69 Å². The molecule has 0 aliphatic heterocycles. The highest BCUT2D eigenvalue weighted by molar-refractivity contribution is 7.89. The van der Waals surface area contributed by atoms with Gasteiger partial charge >= 0.3 is 0 Å². The third kappa shape index (κ3) is 1.98. The zero-order valence-electron chi connectivity index (χ0n) is 9.38. The Hall–Kier alpha value is -1.07. The molecule has 0 amide bonds. The molecule has 0 heterocycles. The van der Waals surface area contributed by atoms with Crippen molar-refractivity contribution in [3.05, 3.63) is 22.8 Å². The Labute approximate surface area is 90.5 Å². The molecule has 1 rings (SSSR count). The van der Waals surface area contributed by atoms with Crippen LogP contribution in [0.15, 0.2) is 11.0 Å². The van der Waals surface area contributed by atoms with Crippen molar-refractivity contribution in [3.63, 3.8) is 0 Å². The number of hydrogen-bond acceptors (Lipinski definition) is 3. The summed E-state index contributed by atoms with van der Waals surface area (Å²) in [6, 6.07) is 1.78. The molecule has 0 fully saturated rings. The van der Waals surface area contributed by atoms with Crippen LogP contribution in [0.3, 0.4) is 0 Å². The molecule has 0 spiro atoms. The molecule has 0 saturated carbocycles. The first-order valence-electron chi connectivity index (χ1n) is 4.61. The lowest BCUT2D eigenvalue weighted by Gasteiger charge is -2.14. The predicted molar refractivity (Wildman–Crippen MR) is 61.3 cm³/mol. The third-order valence-electron chi connectivity index (χ3n) is 2.50. The molecule has 84 valence electrons. The fourth-order valence-corrected chi connectivity index (χ4v) is 2.90. The summed E-state index contributed by atoms with van der Waals surface area (Å²) in [7, 11) is -2.04. The van der Waals surface area contributed by atoms with Gasteiger partial charge in [0.05, 0.1) is 4.90 Å². The Balaban J connectivity index is 3.65. The zero-order valence-corrected chi connectivity index (χ0v) is 10.2. The van der Waals surface area contributed by atoms with Crippen LogP contribution in [-0.2, 0) is 10.0 Å². The van der Waals surface area contributed by atoms with Gasteiger partial charge in [-0.2, -0.15) is 0 Å². The minimum Gasteiger partial charge on any atom is -0.398 e. The Morgan fingerprint density at radius 2 is 1.73 bits per heavy atom. The van der Waals surface area contributed by atoms with Crippen molar-refractivity contribution in [1.29, 1.82) is 0 Å². The molecule has 0 radical (unpaired) electrons. The molecular weight excluding hydrogens is 212 g/mol. The van der Waals surface area contributed by atoms with Crippen LogP contribution in [0.5, 0.6) is 0 Å². The van der Waals surface area contributed by atoms with E-state index in [0.717, 1.165) is 5.56 Å². The van der Waals surface area contributed by atoms with Crippen LogP contribution in [0, 0.1) is 20.8 Å². The van der Waals surface area contributed by atoms with E-state index in [2.05, 4.69) is 4.72 Å². The summed E-state index contributed by atoms with van der Waals surface area (Å²) in [5.74, 6) is 0. The van der Waals surface area contributed by atoms with Gasteiger partial charge in [-0.05, 0) is 44.5 Å². The number of aryl methyl sites for hydroxylation is 2. The maximum absolute atomic E-state index is 11.7. The predicted octanol–water partition coefficient (Wildman–Crippen LogP) is 1.10. The van der Waals surface area contributed by atoms with E-state index in [0.29, 0.717) is 16.8 Å². The topological polar surface area (TPSA) is 72.2 Å². The molecule has 0 unspecified atom stereocenters. The Morgan fingerprint density at radius 1 is 1.20 bits per heavy atom. The van der Waals surface area contributed by atoms with E-state index in [-0.39, 0.29) is 4.90 Å². The van der Waals surface area contributed by atoms with Gasteiger partial charge in [-0.15, -0.1) is 0 Å². The zero-order chi connectivity index (χ0) is 11.8. The standard InChI is InChI=1S/C10H16N2O2S/c1-6-5-7(2)10(8(3)9(6)11)15(13,14)12-4/h5,12H,11H2,1-4H3. The number of sulfonamides is 1.